The third-order valence-electron chi connectivity index (χ3n) is 2.93. The van der Waals surface area contributed by atoms with Gasteiger partial charge in [-0.1, -0.05) is 13.8 Å². The third kappa shape index (κ3) is 5.33. The maximum absolute atomic E-state index is 12.0. The molecule has 0 aromatic rings. The van der Waals surface area contributed by atoms with Crippen molar-refractivity contribution in [1.29, 1.82) is 0 Å². The van der Waals surface area contributed by atoms with E-state index >= 15 is 0 Å². The molecule has 1 saturated heterocycles. The zero-order valence-electron chi connectivity index (χ0n) is 10.7. The van der Waals surface area contributed by atoms with Gasteiger partial charge in [0.1, 0.15) is 0 Å². The van der Waals surface area contributed by atoms with Gasteiger partial charge in [-0.25, -0.2) is 13.1 Å². The van der Waals surface area contributed by atoms with Crippen LogP contribution < -0.4 is 10.5 Å². The predicted molar refractivity (Wildman–Crippen MR) is 68.2 cm³/mol. The summed E-state index contributed by atoms with van der Waals surface area (Å²) in [6.45, 7) is 5.55. The second-order valence-corrected chi connectivity index (χ2v) is 7.14. The second-order valence-electron chi connectivity index (χ2n) is 5.09. The van der Waals surface area contributed by atoms with Crippen LogP contribution in [0.3, 0.4) is 0 Å². The highest BCUT2D eigenvalue weighted by molar-refractivity contribution is 7.90. The first-order valence-electron chi connectivity index (χ1n) is 6.23. The Morgan fingerprint density at radius 1 is 1.35 bits per heavy atom. The summed E-state index contributed by atoms with van der Waals surface area (Å²) in [7, 11) is -3.22. The maximum atomic E-state index is 12.0. The second kappa shape index (κ2) is 6.68. The fourth-order valence-electron chi connectivity index (χ4n) is 2.02. The van der Waals surface area contributed by atoms with Crippen LogP contribution in [0, 0.1) is 5.92 Å². The summed E-state index contributed by atoms with van der Waals surface area (Å²) in [5.74, 6) is 0.484. The van der Waals surface area contributed by atoms with Crippen molar-refractivity contribution < 1.29 is 13.2 Å². The highest BCUT2D eigenvalue weighted by atomic mass is 32.2. The van der Waals surface area contributed by atoms with Crippen molar-refractivity contribution in [2.75, 3.05) is 19.8 Å². The number of nitrogens with two attached hydrogens (primary N) is 1. The average Bonchev–Trinajstić information content (AvgIpc) is 2.27. The lowest BCUT2D eigenvalue weighted by Crippen LogP contribution is -2.43. The van der Waals surface area contributed by atoms with Gasteiger partial charge >= 0.3 is 0 Å². The van der Waals surface area contributed by atoms with Crippen molar-refractivity contribution >= 4 is 10.0 Å². The number of hydrogen-bond donors (Lipinski definition) is 2. The van der Waals surface area contributed by atoms with E-state index in [-0.39, 0.29) is 11.3 Å². The Labute approximate surface area is 104 Å². The van der Waals surface area contributed by atoms with Crippen molar-refractivity contribution in [3.05, 3.63) is 0 Å². The fourth-order valence-corrected chi connectivity index (χ4v) is 3.51. The maximum Gasteiger partial charge on any atom is 0.214 e. The van der Waals surface area contributed by atoms with Crippen LogP contribution in [0.15, 0.2) is 0 Å². The molecule has 0 saturated carbocycles. The molecule has 1 aliphatic rings. The molecule has 0 spiro atoms. The lowest BCUT2D eigenvalue weighted by Gasteiger charge is -2.23. The molecule has 5 nitrogen and oxygen atoms in total. The molecule has 1 rings (SSSR count). The van der Waals surface area contributed by atoms with Gasteiger partial charge in [-0.05, 0) is 25.2 Å². The summed E-state index contributed by atoms with van der Waals surface area (Å²) < 4.78 is 31.7. The first-order valence-corrected chi connectivity index (χ1v) is 7.78. The van der Waals surface area contributed by atoms with E-state index in [1.54, 1.807) is 0 Å². The monoisotopic (exact) mass is 264 g/mol. The number of nitrogens with one attached hydrogen (secondary N) is 1. The van der Waals surface area contributed by atoms with Gasteiger partial charge in [0.25, 0.3) is 0 Å². The van der Waals surface area contributed by atoms with Gasteiger partial charge in [-0.2, -0.15) is 0 Å². The molecule has 1 unspecified atom stereocenters. The van der Waals surface area contributed by atoms with Crippen LogP contribution >= 0.6 is 0 Å². The molecule has 1 atom stereocenters. The summed E-state index contributed by atoms with van der Waals surface area (Å²) >= 11 is 0. The standard InChI is InChI=1S/C11H24N2O3S/c1-9(2)7-10(12)8-13-17(14,15)11-3-5-16-6-4-11/h9-11,13H,3-8,12H2,1-2H3. The average molecular weight is 264 g/mol. The quantitative estimate of drug-likeness (QED) is 0.730. The molecule has 17 heavy (non-hydrogen) atoms. The van der Waals surface area contributed by atoms with Crippen molar-refractivity contribution in [2.45, 2.75) is 44.4 Å². The van der Waals surface area contributed by atoms with Gasteiger partial charge in [-0.15, -0.1) is 0 Å². The van der Waals surface area contributed by atoms with Crippen LogP contribution in [-0.2, 0) is 14.8 Å². The molecule has 0 aromatic carbocycles. The van der Waals surface area contributed by atoms with Gasteiger partial charge < -0.3 is 10.5 Å². The number of rotatable bonds is 6. The van der Waals surface area contributed by atoms with Crippen molar-refractivity contribution in [3.8, 4) is 0 Å². The lowest BCUT2D eigenvalue weighted by atomic mass is 10.1. The van der Waals surface area contributed by atoms with Crippen molar-refractivity contribution in [2.24, 2.45) is 11.7 Å². The SMILES string of the molecule is CC(C)CC(N)CNS(=O)(=O)C1CCOCC1. The van der Waals surface area contributed by atoms with Gasteiger partial charge in [0.2, 0.25) is 10.0 Å². The molecule has 6 heteroatoms. The Bertz CT molecular complexity index is 311. The van der Waals surface area contributed by atoms with Crippen LogP contribution in [0.2, 0.25) is 0 Å². The van der Waals surface area contributed by atoms with E-state index < -0.39 is 10.0 Å². The fraction of sp³-hybridized carbons (Fsp3) is 1.00. The molecule has 0 amide bonds. The van der Waals surface area contributed by atoms with Gasteiger partial charge in [0.15, 0.2) is 0 Å². The topological polar surface area (TPSA) is 81.4 Å². The minimum atomic E-state index is -3.22. The molecule has 102 valence electrons. The summed E-state index contributed by atoms with van der Waals surface area (Å²) in [6.07, 6.45) is 1.99. The number of sulfonamides is 1. The molecule has 3 N–H and O–H groups in total. The van der Waals surface area contributed by atoms with Crippen LogP contribution in [-0.4, -0.2) is 39.5 Å². The summed E-state index contributed by atoms with van der Waals surface area (Å²) in [4.78, 5) is 0. The van der Waals surface area contributed by atoms with Gasteiger partial charge in [0.05, 0.1) is 5.25 Å². The third-order valence-corrected chi connectivity index (χ3v) is 4.85. The zero-order valence-corrected chi connectivity index (χ0v) is 11.5. The number of hydrogen-bond acceptors (Lipinski definition) is 4. The van der Waals surface area contributed by atoms with E-state index in [9.17, 15) is 8.42 Å². The largest absolute Gasteiger partial charge is 0.381 e. The molecular formula is C11H24N2O3S. The van der Waals surface area contributed by atoms with Crippen LogP contribution in [0.5, 0.6) is 0 Å². The molecule has 0 aliphatic carbocycles. The molecule has 1 aliphatic heterocycles. The molecule has 0 aromatic heterocycles. The summed E-state index contributed by atoms with van der Waals surface area (Å²) in [5, 5.41) is -0.317. The highest BCUT2D eigenvalue weighted by Crippen LogP contribution is 2.14. The Morgan fingerprint density at radius 2 is 1.94 bits per heavy atom. The van der Waals surface area contributed by atoms with Gasteiger partial charge in [-0.3, -0.25) is 0 Å². The lowest BCUT2D eigenvalue weighted by molar-refractivity contribution is 0.0981. The van der Waals surface area contributed by atoms with E-state index in [1.165, 1.54) is 0 Å². The van der Waals surface area contributed by atoms with E-state index in [0.29, 0.717) is 38.5 Å². The van der Waals surface area contributed by atoms with E-state index in [0.717, 1.165) is 6.42 Å². The summed E-state index contributed by atoms with van der Waals surface area (Å²) in [6, 6.07) is -0.107. The van der Waals surface area contributed by atoms with Gasteiger partial charge in [0, 0.05) is 25.8 Å². The Balaban J connectivity index is 2.38. The van der Waals surface area contributed by atoms with E-state index in [4.69, 9.17) is 10.5 Å². The molecule has 0 bridgehead atoms. The zero-order chi connectivity index (χ0) is 12.9. The van der Waals surface area contributed by atoms with Crippen molar-refractivity contribution in [3.63, 3.8) is 0 Å². The van der Waals surface area contributed by atoms with Crippen LogP contribution in [0.4, 0.5) is 0 Å². The van der Waals surface area contributed by atoms with E-state index in [2.05, 4.69) is 18.6 Å². The van der Waals surface area contributed by atoms with E-state index in [1.807, 2.05) is 0 Å². The Kier molecular flexibility index (Phi) is 5.85. The summed E-state index contributed by atoms with van der Waals surface area (Å²) in [5.41, 5.74) is 5.86. The molecular weight excluding hydrogens is 240 g/mol. The first-order chi connectivity index (χ1) is 7.92. The van der Waals surface area contributed by atoms with Crippen molar-refractivity contribution in [1.82, 2.24) is 4.72 Å². The minimum Gasteiger partial charge on any atom is -0.381 e. The smallest absolute Gasteiger partial charge is 0.214 e. The molecule has 0 radical (unpaired) electrons. The Morgan fingerprint density at radius 3 is 2.47 bits per heavy atom. The van der Waals surface area contributed by atoms with Crippen LogP contribution in [0.1, 0.15) is 33.1 Å². The predicted octanol–water partition coefficient (Wildman–Crippen LogP) is 0.458. The first kappa shape index (κ1) is 14.9. The van der Waals surface area contributed by atoms with Crippen LogP contribution in [0.25, 0.3) is 0 Å². The molecule has 1 heterocycles. The molecule has 1 fully saturated rings. The normalized spacial score (nSPS) is 20.7. The Hall–Kier alpha value is -0.170. The minimum absolute atomic E-state index is 0.107. The highest BCUT2D eigenvalue weighted by Gasteiger charge is 2.27. The number of ether oxygens (including phenoxy) is 1.